The van der Waals surface area contributed by atoms with Crippen molar-refractivity contribution in [1.82, 2.24) is 0 Å². The van der Waals surface area contributed by atoms with Crippen LogP contribution in [-0.4, -0.2) is 4.99 Å². The predicted octanol–water partition coefficient (Wildman–Crippen LogP) is 4.42. The third-order valence-electron chi connectivity index (χ3n) is 3.11. The zero-order valence-corrected chi connectivity index (χ0v) is 14.1. The number of halogens is 2. The van der Waals surface area contributed by atoms with Crippen molar-refractivity contribution in [2.45, 2.75) is 20.5 Å². The molecule has 0 aliphatic carbocycles. The molecule has 0 radical (unpaired) electrons. The molecule has 0 aliphatic heterocycles. The Morgan fingerprint density at radius 2 is 1.86 bits per heavy atom. The highest BCUT2D eigenvalue weighted by Gasteiger charge is 2.09. The standard InChI is InChI=1S/C16H15BrFNOS/c1-9-5-12(16(19)21)6-10(2)15(9)20-8-11-3-4-14(18)13(17)7-11/h3-7H,8H2,1-2H3,(H2,19,21). The van der Waals surface area contributed by atoms with E-state index in [1.165, 1.54) is 6.07 Å². The Hall–Kier alpha value is -1.46. The van der Waals surface area contributed by atoms with Crippen molar-refractivity contribution in [2.75, 3.05) is 0 Å². The van der Waals surface area contributed by atoms with E-state index in [1.54, 1.807) is 12.1 Å². The van der Waals surface area contributed by atoms with E-state index in [9.17, 15) is 4.39 Å². The molecule has 0 heterocycles. The third-order valence-corrected chi connectivity index (χ3v) is 3.96. The SMILES string of the molecule is Cc1cc(C(N)=S)cc(C)c1OCc1ccc(F)c(Br)c1. The van der Waals surface area contributed by atoms with E-state index in [4.69, 9.17) is 22.7 Å². The topological polar surface area (TPSA) is 35.2 Å². The molecule has 0 aromatic heterocycles. The molecule has 2 nitrogen and oxygen atoms in total. The number of hydrogen-bond acceptors (Lipinski definition) is 2. The molecule has 2 aromatic rings. The Labute approximate surface area is 137 Å². The molecule has 0 atom stereocenters. The minimum atomic E-state index is -0.285. The number of benzene rings is 2. The van der Waals surface area contributed by atoms with Gasteiger partial charge < -0.3 is 10.5 Å². The molecule has 0 saturated carbocycles. The van der Waals surface area contributed by atoms with Crippen molar-refractivity contribution >= 4 is 33.1 Å². The first kappa shape index (κ1) is 15.9. The molecule has 2 rings (SSSR count). The second kappa shape index (κ2) is 6.54. The molecule has 110 valence electrons. The molecular weight excluding hydrogens is 353 g/mol. The molecule has 0 spiro atoms. The van der Waals surface area contributed by atoms with E-state index in [2.05, 4.69) is 15.9 Å². The second-order valence-corrected chi connectivity index (χ2v) is 6.13. The van der Waals surface area contributed by atoms with Crippen LogP contribution >= 0.6 is 28.1 Å². The van der Waals surface area contributed by atoms with Crippen molar-refractivity contribution < 1.29 is 9.13 Å². The van der Waals surface area contributed by atoms with Crippen LogP contribution in [0, 0.1) is 19.7 Å². The van der Waals surface area contributed by atoms with Gasteiger partial charge in [-0.2, -0.15) is 0 Å². The summed E-state index contributed by atoms with van der Waals surface area (Å²) in [6.45, 7) is 4.27. The van der Waals surface area contributed by atoms with Gasteiger partial charge >= 0.3 is 0 Å². The lowest BCUT2D eigenvalue weighted by Crippen LogP contribution is -2.10. The fraction of sp³-hybridized carbons (Fsp3) is 0.188. The summed E-state index contributed by atoms with van der Waals surface area (Å²) in [5.41, 5.74) is 9.31. The maximum absolute atomic E-state index is 13.2. The van der Waals surface area contributed by atoms with Crippen LogP contribution in [0.4, 0.5) is 4.39 Å². The van der Waals surface area contributed by atoms with Crippen LogP contribution < -0.4 is 10.5 Å². The molecule has 0 saturated heterocycles. The summed E-state index contributed by atoms with van der Waals surface area (Å²) in [6, 6.07) is 8.65. The molecule has 2 N–H and O–H groups in total. The van der Waals surface area contributed by atoms with Crippen LogP contribution in [0.15, 0.2) is 34.8 Å². The van der Waals surface area contributed by atoms with E-state index < -0.39 is 0 Å². The first-order valence-corrected chi connectivity index (χ1v) is 7.56. The van der Waals surface area contributed by atoms with Gasteiger partial charge in [-0.25, -0.2) is 4.39 Å². The normalized spacial score (nSPS) is 10.5. The van der Waals surface area contributed by atoms with Crippen molar-refractivity contribution in [2.24, 2.45) is 5.73 Å². The lowest BCUT2D eigenvalue weighted by atomic mass is 10.1. The Morgan fingerprint density at radius 3 is 2.38 bits per heavy atom. The minimum Gasteiger partial charge on any atom is -0.488 e. The van der Waals surface area contributed by atoms with Crippen molar-refractivity contribution in [1.29, 1.82) is 0 Å². The highest BCUT2D eigenvalue weighted by Crippen LogP contribution is 2.26. The maximum Gasteiger partial charge on any atom is 0.137 e. The summed E-state index contributed by atoms with van der Waals surface area (Å²) >= 11 is 8.16. The predicted molar refractivity (Wildman–Crippen MR) is 90.2 cm³/mol. The number of thiocarbonyl (C=S) groups is 1. The summed E-state index contributed by atoms with van der Waals surface area (Å²) in [5.74, 6) is 0.516. The molecule has 21 heavy (non-hydrogen) atoms. The first-order chi connectivity index (χ1) is 9.88. The molecule has 0 fully saturated rings. The van der Waals surface area contributed by atoms with E-state index in [0.29, 0.717) is 16.1 Å². The van der Waals surface area contributed by atoms with Crippen molar-refractivity contribution in [3.05, 3.63) is 62.9 Å². The van der Waals surface area contributed by atoms with Crippen LogP contribution in [0.2, 0.25) is 0 Å². The Balaban J connectivity index is 2.20. The molecule has 0 amide bonds. The Kier molecular flexibility index (Phi) is 4.96. The fourth-order valence-electron chi connectivity index (χ4n) is 2.11. The Bertz CT molecular complexity index is 680. The number of nitrogens with two attached hydrogens (primary N) is 1. The largest absolute Gasteiger partial charge is 0.488 e. The summed E-state index contributed by atoms with van der Waals surface area (Å²) in [4.78, 5) is 0.371. The number of hydrogen-bond donors (Lipinski definition) is 1. The smallest absolute Gasteiger partial charge is 0.137 e. The fourth-order valence-corrected chi connectivity index (χ4v) is 2.65. The number of rotatable bonds is 4. The van der Waals surface area contributed by atoms with Gasteiger partial charge in [-0.1, -0.05) is 18.3 Å². The summed E-state index contributed by atoms with van der Waals surface area (Å²) in [5, 5.41) is 0. The summed E-state index contributed by atoms with van der Waals surface area (Å²) in [7, 11) is 0. The lowest BCUT2D eigenvalue weighted by molar-refractivity contribution is 0.301. The van der Waals surface area contributed by atoms with Crippen LogP contribution in [0.25, 0.3) is 0 Å². The van der Waals surface area contributed by atoms with Crippen LogP contribution in [0.5, 0.6) is 5.75 Å². The highest BCUT2D eigenvalue weighted by atomic mass is 79.9. The zero-order chi connectivity index (χ0) is 15.6. The van der Waals surface area contributed by atoms with Gasteiger partial charge in [0.25, 0.3) is 0 Å². The van der Waals surface area contributed by atoms with E-state index in [-0.39, 0.29) is 5.82 Å². The van der Waals surface area contributed by atoms with Crippen LogP contribution in [0.3, 0.4) is 0 Å². The maximum atomic E-state index is 13.2. The summed E-state index contributed by atoms with van der Waals surface area (Å²) in [6.07, 6.45) is 0. The molecule has 2 aromatic carbocycles. The van der Waals surface area contributed by atoms with Gasteiger partial charge in [0.1, 0.15) is 23.2 Å². The van der Waals surface area contributed by atoms with Crippen molar-refractivity contribution in [3.8, 4) is 5.75 Å². The lowest BCUT2D eigenvalue weighted by Gasteiger charge is -2.14. The molecule has 0 bridgehead atoms. The van der Waals surface area contributed by atoms with E-state index >= 15 is 0 Å². The van der Waals surface area contributed by atoms with Gasteiger partial charge in [-0.05, 0) is 70.7 Å². The average Bonchev–Trinajstić information content (AvgIpc) is 2.41. The monoisotopic (exact) mass is 367 g/mol. The van der Waals surface area contributed by atoms with Gasteiger partial charge in [-0.15, -0.1) is 0 Å². The molecular formula is C16H15BrFNOS. The number of ether oxygens (including phenoxy) is 1. The van der Waals surface area contributed by atoms with E-state index in [1.807, 2.05) is 26.0 Å². The quantitative estimate of drug-likeness (QED) is 0.812. The second-order valence-electron chi connectivity index (χ2n) is 4.84. The van der Waals surface area contributed by atoms with Crippen molar-refractivity contribution in [3.63, 3.8) is 0 Å². The average molecular weight is 368 g/mol. The van der Waals surface area contributed by atoms with Gasteiger partial charge in [0.2, 0.25) is 0 Å². The van der Waals surface area contributed by atoms with Gasteiger partial charge in [-0.3, -0.25) is 0 Å². The number of aryl methyl sites for hydroxylation is 2. The summed E-state index contributed by atoms with van der Waals surface area (Å²) < 4.78 is 19.5. The first-order valence-electron chi connectivity index (χ1n) is 6.36. The van der Waals surface area contributed by atoms with Gasteiger partial charge in [0, 0.05) is 5.56 Å². The van der Waals surface area contributed by atoms with Gasteiger partial charge in [0.15, 0.2) is 0 Å². The minimum absolute atomic E-state index is 0.285. The van der Waals surface area contributed by atoms with Crippen LogP contribution in [0.1, 0.15) is 22.3 Å². The zero-order valence-electron chi connectivity index (χ0n) is 11.7. The Morgan fingerprint density at radius 1 is 1.24 bits per heavy atom. The van der Waals surface area contributed by atoms with Gasteiger partial charge in [0.05, 0.1) is 4.47 Å². The third kappa shape index (κ3) is 3.80. The molecule has 0 aliphatic rings. The van der Waals surface area contributed by atoms with E-state index in [0.717, 1.165) is 28.0 Å². The molecule has 0 unspecified atom stereocenters. The highest BCUT2D eigenvalue weighted by molar-refractivity contribution is 9.10. The van der Waals surface area contributed by atoms with Crippen LogP contribution in [-0.2, 0) is 6.61 Å². The molecule has 5 heteroatoms.